The molecule has 0 radical (unpaired) electrons. The lowest BCUT2D eigenvalue weighted by atomic mass is 9.91. The maximum Gasteiger partial charge on any atom is 0.0613 e. The third kappa shape index (κ3) is 5.85. The van der Waals surface area contributed by atoms with E-state index in [1.54, 1.807) is 0 Å². The fourth-order valence-electron chi connectivity index (χ4n) is 3.34. The van der Waals surface area contributed by atoms with Crippen LogP contribution in [0.25, 0.3) is 0 Å². The van der Waals surface area contributed by atoms with Crippen molar-refractivity contribution in [2.24, 2.45) is 0 Å². The molecule has 1 heterocycles. The minimum Gasteiger partial charge on any atom is -0.394 e. The molecule has 1 aliphatic heterocycles. The van der Waals surface area contributed by atoms with Crippen LogP contribution in [0.2, 0.25) is 0 Å². The van der Waals surface area contributed by atoms with Gasteiger partial charge in [-0.15, -0.1) is 0 Å². The number of nitrogens with one attached hydrogen (secondary N) is 1. The number of rotatable bonds is 10. The highest BCUT2D eigenvalue weighted by molar-refractivity contribution is 4.86. The van der Waals surface area contributed by atoms with Crippen LogP contribution in [0.15, 0.2) is 0 Å². The third-order valence-electron chi connectivity index (χ3n) is 5.28. The van der Waals surface area contributed by atoms with Crippen molar-refractivity contribution < 1.29 is 5.11 Å². The van der Waals surface area contributed by atoms with Crippen LogP contribution in [0.4, 0.5) is 0 Å². The van der Waals surface area contributed by atoms with E-state index < -0.39 is 0 Å². The van der Waals surface area contributed by atoms with Crippen LogP contribution in [-0.2, 0) is 0 Å². The van der Waals surface area contributed by atoms with Gasteiger partial charge >= 0.3 is 0 Å². The quantitative estimate of drug-likeness (QED) is 0.646. The second-order valence-corrected chi connectivity index (χ2v) is 6.56. The summed E-state index contributed by atoms with van der Waals surface area (Å²) < 4.78 is 0. The zero-order valence-electron chi connectivity index (χ0n) is 14.7. The summed E-state index contributed by atoms with van der Waals surface area (Å²) >= 11 is 0. The summed E-state index contributed by atoms with van der Waals surface area (Å²) in [4.78, 5) is 5.20. The number of aliphatic hydroxyl groups excluding tert-OH is 1. The Morgan fingerprint density at radius 1 is 1.14 bits per heavy atom. The number of aliphatic hydroxyl groups is 1. The molecule has 1 saturated heterocycles. The molecule has 0 amide bonds. The Hall–Kier alpha value is -0.160. The molecule has 2 atom stereocenters. The summed E-state index contributed by atoms with van der Waals surface area (Å²) in [5.74, 6) is 0. The largest absolute Gasteiger partial charge is 0.394 e. The molecule has 21 heavy (non-hydrogen) atoms. The topological polar surface area (TPSA) is 38.7 Å². The minimum atomic E-state index is -0.0622. The first kappa shape index (κ1) is 18.9. The number of hydrogen-bond donors (Lipinski definition) is 2. The van der Waals surface area contributed by atoms with Crippen LogP contribution in [0.1, 0.15) is 53.4 Å². The lowest BCUT2D eigenvalue weighted by molar-refractivity contribution is 0.0929. The summed E-state index contributed by atoms with van der Waals surface area (Å²) in [6.45, 7) is 16.1. The highest BCUT2D eigenvalue weighted by Crippen LogP contribution is 2.18. The smallest absolute Gasteiger partial charge is 0.0613 e. The summed E-state index contributed by atoms with van der Waals surface area (Å²) in [6, 6.07) is 0.725. The first-order valence-corrected chi connectivity index (χ1v) is 8.93. The Balaban J connectivity index is 2.27. The molecule has 0 aromatic rings. The lowest BCUT2D eigenvalue weighted by Gasteiger charge is -2.38. The van der Waals surface area contributed by atoms with Crippen LogP contribution >= 0.6 is 0 Å². The molecule has 0 aliphatic carbocycles. The molecule has 0 aromatic carbocycles. The van der Waals surface area contributed by atoms with Crippen LogP contribution < -0.4 is 5.32 Å². The van der Waals surface area contributed by atoms with Crippen molar-refractivity contribution in [3.05, 3.63) is 0 Å². The second kappa shape index (κ2) is 9.78. The van der Waals surface area contributed by atoms with E-state index in [0.29, 0.717) is 0 Å². The summed E-state index contributed by atoms with van der Waals surface area (Å²) in [5, 5.41) is 13.2. The van der Waals surface area contributed by atoms with Crippen molar-refractivity contribution in [1.29, 1.82) is 0 Å². The molecule has 2 unspecified atom stereocenters. The number of piperazine rings is 1. The van der Waals surface area contributed by atoms with Gasteiger partial charge < -0.3 is 15.3 Å². The molecule has 0 bridgehead atoms. The average molecular weight is 300 g/mol. The van der Waals surface area contributed by atoms with E-state index in [9.17, 15) is 5.11 Å². The van der Waals surface area contributed by atoms with Gasteiger partial charge in [-0.2, -0.15) is 0 Å². The Labute approximate surface area is 131 Å². The zero-order chi connectivity index (χ0) is 15.7. The predicted molar refractivity (Wildman–Crippen MR) is 90.8 cm³/mol. The first-order chi connectivity index (χ1) is 10.1. The molecule has 0 spiro atoms. The van der Waals surface area contributed by atoms with Crippen molar-refractivity contribution in [1.82, 2.24) is 15.1 Å². The van der Waals surface area contributed by atoms with Crippen molar-refractivity contribution in [3.8, 4) is 0 Å². The van der Waals surface area contributed by atoms with Gasteiger partial charge in [0.1, 0.15) is 0 Å². The molecule has 0 saturated carbocycles. The molecule has 0 aromatic heterocycles. The maximum atomic E-state index is 9.68. The molecule has 2 N–H and O–H groups in total. The fraction of sp³-hybridized carbons (Fsp3) is 1.00. The Morgan fingerprint density at radius 2 is 1.81 bits per heavy atom. The van der Waals surface area contributed by atoms with Gasteiger partial charge in [-0.1, -0.05) is 20.8 Å². The fourth-order valence-corrected chi connectivity index (χ4v) is 3.34. The minimum absolute atomic E-state index is 0.0622. The van der Waals surface area contributed by atoms with Crippen molar-refractivity contribution in [2.45, 2.75) is 65.0 Å². The SMILES string of the molecule is CCNC(CC)(CO)CCCN1CCN(C(C)CC)CC1. The molecule has 126 valence electrons. The zero-order valence-corrected chi connectivity index (χ0v) is 14.7. The van der Waals surface area contributed by atoms with E-state index >= 15 is 0 Å². The van der Waals surface area contributed by atoms with Crippen LogP contribution in [0, 0.1) is 0 Å². The van der Waals surface area contributed by atoms with E-state index in [1.807, 2.05) is 0 Å². The van der Waals surface area contributed by atoms with Gasteiger partial charge in [0.2, 0.25) is 0 Å². The highest BCUT2D eigenvalue weighted by atomic mass is 16.3. The Bertz CT molecular complexity index is 261. The molecule has 4 nitrogen and oxygen atoms in total. The number of likely N-dealkylation sites (N-methyl/N-ethyl adjacent to an activating group) is 1. The summed E-state index contributed by atoms with van der Waals surface area (Å²) in [6.07, 6.45) is 4.49. The number of nitrogens with zero attached hydrogens (tertiary/aromatic N) is 2. The van der Waals surface area contributed by atoms with Crippen LogP contribution in [-0.4, -0.2) is 72.4 Å². The predicted octanol–water partition coefficient (Wildman–Crippen LogP) is 1.93. The van der Waals surface area contributed by atoms with E-state index in [4.69, 9.17) is 0 Å². The normalized spacial score (nSPS) is 22.1. The van der Waals surface area contributed by atoms with Gasteiger partial charge in [0.05, 0.1) is 6.61 Å². The van der Waals surface area contributed by atoms with E-state index in [0.717, 1.165) is 25.4 Å². The monoisotopic (exact) mass is 299 g/mol. The third-order valence-corrected chi connectivity index (χ3v) is 5.28. The second-order valence-electron chi connectivity index (χ2n) is 6.56. The highest BCUT2D eigenvalue weighted by Gasteiger charge is 2.26. The standard InChI is InChI=1S/C17H37N3O/c1-5-16(4)20-13-11-19(12-14-20)10-8-9-17(6-2,15-21)18-7-3/h16,18,21H,5-15H2,1-4H3. The van der Waals surface area contributed by atoms with Gasteiger partial charge in [0.25, 0.3) is 0 Å². The van der Waals surface area contributed by atoms with Crippen LogP contribution in [0.5, 0.6) is 0 Å². The average Bonchev–Trinajstić information content (AvgIpc) is 2.54. The van der Waals surface area contributed by atoms with Crippen molar-refractivity contribution in [2.75, 3.05) is 45.9 Å². The van der Waals surface area contributed by atoms with Gasteiger partial charge in [-0.25, -0.2) is 0 Å². The van der Waals surface area contributed by atoms with Gasteiger partial charge in [-0.3, -0.25) is 4.90 Å². The first-order valence-electron chi connectivity index (χ1n) is 8.93. The molecule has 1 aliphatic rings. The Kier molecular flexibility index (Phi) is 8.79. The van der Waals surface area contributed by atoms with E-state index in [2.05, 4.69) is 42.8 Å². The van der Waals surface area contributed by atoms with E-state index in [1.165, 1.54) is 45.6 Å². The van der Waals surface area contributed by atoms with Gasteiger partial charge in [0, 0.05) is 37.8 Å². The maximum absolute atomic E-state index is 9.68. The molecular formula is C17H37N3O. The molecular weight excluding hydrogens is 262 g/mol. The number of hydrogen-bond acceptors (Lipinski definition) is 4. The van der Waals surface area contributed by atoms with Crippen molar-refractivity contribution >= 4 is 0 Å². The van der Waals surface area contributed by atoms with Crippen molar-refractivity contribution in [3.63, 3.8) is 0 Å². The summed E-state index contributed by atoms with van der Waals surface area (Å²) in [5.41, 5.74) is -0.0622. The van der Waals surface area contributed by atoms with Gasteiger partial charge in [-0.05, 0) is 45.7 Å². The molecule has 1 fully saturated rings. The molecule has 1 rings (SSSR count). The Morgan fingerprint density at radius 3 is 2.29 bits per heavy atom. The van der Waals surface area contributed by atoms with Crippen LogP contribution in [0.3, 0.4) is 0 Å². The van der Waals surface area contributed by atoms with E-state index in [-0.39, 0.29) is 12.1 Å². The summed E-state index contributed by atoms with van der Waals surface area (Å²) in [7, 11) is 0. The molecule has 4 heteroatoms. The lowest BCUT2D eigenvalue weighted by Crippen LogP contribution is -2.51. The van der Waals surface area contributed by atoms with Gasteiger partial charge in [0.15, 0.2) is 0 Å².